The van der Waals surface area contributed by atoms with Gasteiger partial charge in [-0.3, -0.25) is 19.3 Å². The van der Waals surface area contributed by atoms with Crippen LogP contribution in [0.4, 0.5) is 0 Å². The number of halogens is 1. The van der Waals surface area contributed by atoms with Gasteiger partial charge < -0.3 is 10.8 Å². The molecule has 2 atom stereocenters. The van der Waals surface area contributed by atoms with Crippen molar-refractivity contribution in [3.63, 3.8) is 0 Å². The van der Waals surface area contributed by atoms with Gasteiger partial charge in [0.1, 0.15) is 6.04 Å². The summed E-state index contributed by atoms with van der Waals surface area (Å²) in [5.41, 5.74) is 4.98. The van der Waals surface area contributed by atoms with E-state index in [0.717, 1.165) is 0 Å². The van der Waals surface area contributed by atoms with Crippen molar-refractivity contribution in [3.05, 3.63) is 0 Å². The van der Waals surface area contributed by atoms with Gasteiger partial charge >= 0.3 is 5.97 Å². The monoisotopic (exact) mass is 264 g/mol. The van der Waals surface area contributed by atoms with Crippen LogP contribution in [0.2, 0.25) is 0 Å². The molecule has 7 nitrogen and oxygen atoms in total. The number of imide groups is 1. The second-order valence-electron chi connectivity index (χ2n) is 3.63. The van der Waals surface area contributed by atoms with E-state index < -0.39 is 35.7 Å². The van der Waals surface area contributed by atoms with Crippen LogP contribution in [0.15, 0.2) is 0 Å². The Labute approximate surface area is 103 Å². The summed E-state index contributed by atoms with van der Waals surface area (Å²) < 4.78 is 0. The second kappa shape index (κ2) is 5.62. The highest BCUT2D eigenvalue weighted by molar-refractivity contribution is 6.05. The van der Waals surface area contributed by atoms with E-state index in [-0.39, 0.29) is 25.2 Å². The number of carbonyl (C=O) groups excluding carboxylic acids is 3. The Hall–Kier alpha value is -1.63. The third-order valence-electron chi connectivity index (χ3n) is 2.54. The maximum absolute atomic E-state index is 11.3. The highest BCUT2D eigenvalue weighted by atomic mass is 35.5. The molecule has 17 heavy (non-hydrogen) atoms. The van der Waals surface area contributed by atoms with Crippen molar-refractivity contribution in [2.24, 2.45) is 11.7 Å². The molecule has 0 aromatic heterocycles. The van der Waals surface area contributed by atoms with Gasteiger partial charge in [0.15, 0.2) is 0 Å². The number of nitrogens with zero attached hydrogens (tertiary/aromatic N) is 1. The second-order valence-corrected chi connectivity index (χ2v) is 3.63. The van der Waals surface area contributed by atoms with Gasteiger partial charge in [0.2, 0.25) is 17.7 Å². The lowest BCUT2D eigenvalue weighted by Gasteiger charge is -2.25. The van der Waals surface area contributed by atoms with E-state index in [1.54, 1.807) is 0 Å². The van der Waals surface area contributed by atoms with Gasteiger partial charge in [-0.05, 0) is 0 Å². The Morgan fingerprint density at radius 1 is 1.29 bits per heavy atom. The van der Waals surface area contributed by atoms with E-state index in [9.17, 15) is 19.2 Å². The Bertz CT molecular complexity index is 354. The van der Waals surface area contributed by atoms with Crippen LogP contribution in [-0.2, 0) is 19.2 Å². The van der Waals surface area contributed by atoms with E-state index in [1.807, 2.05) is 0 Å². The van der Waals surface area contributed by atoms with Crippen molar-refractivity contribution in [2.75, 3.05) is 0 Å². The van der Waals surface area contributed by atoms with Crippen molar-refractivity contribution in [2.45, 2.75) is 25.8 Å². The van der Waals surface area contributed by atoms with E-state index in [4.69, 9.17) is 10.8 Å². The van der Waals surface area contributed by atoms with Gasteiger partial charge in [0.05, 0.1) is 5.92 Å². The number of hydrogen-bond donors (Lipinski definition) is 2. The first kappa shape index (κ1) is 15.4. The average molecular weight is 265 g/mol. The van der Waals surface area contributed by atoms with Crippen LogP contribution in [0.1, 0.15) is 19.8 Å². The van der Waals surface area contributed by atoms with E-state index in [1.165, 1.54) is 6.92 Å². The topological polar surface area (TPSA) is 118 Å². The molecule has 1 aliphatic heterocycles. The van der Waals surface area contributed by atoms with Crippen LogP contribution in [0.25, 0.3) is 0 Å². The molecule has 1 fully saturated rings. The predicted molar refractivity (Wildman–Crippen MR) is 58.1 cm³/mol. The molecule has 1 unspecified atom stereocenters. The summed E-state index contributed by atoms with van der Waals surface area (Å²) in [5, 5.41) is 8.93. The number of carbonyl (C=O) groups is 4. The number of primary amides is 1. The van der Waals surface area contributed by atoms with Crippen LogP contribution in [-0.4, -0.2) is 39.7 Å². The van der Waals surface area contributed by atoms with Gasteiger partial charge in [-0.15, -0.1) is 12.4 Å². The lowest BCUT2D eigenvalue weighted by atomic mass is 10.00. The molecule has 3 N–H and O–H groups in total. The molecule has 0 bridgehead atoms. The van der Waals surface area contributed by atoms with Gasteiger partial charge in [0, 0.05) is 12.8 Å². The minimum Gasteiger partial charge on any atom is -0.480 e. The van der Waals surface area contributed by atoms with Crippen molar-refractivity contribution in [1.29, 1.82) is 0 Å². The zero-order valence-corrected chi connectivity index (χ0v) is 9.90. The molecule has 0 saturated carbocycles. The van der Waals surface area contributed by atoms with Gasteiger partial charge in [-0.1, -0.05) is 6.92 Å². The third-order valence-corrected chi connectivity index (χ3v) is 2.54. The van der Waals surface area contributed by atoms with Crippen LogP contribution in [0.5, 0.6) is 0 Å². The SMILES string of the molecule is CC(C(N)=O)[C@@H](C(=O)O)N1C(=O)CCC1=O.Cl. The number of amides is 3. The molecular formula is C9H13ClN2O5. The predicted octanol–water partition coefficient (Wildman–Crippen LogP) is -0.868. The van der Waals surface area contributed by atoms with Crippen molar-refractivity contribution in [1.82, 2.24) is 4.90 Å². The highest BCUT2D eigenvalue weighted by Gasteiger charge is 2.43. The summed E-state index contributed by atoms with van der Waals surface area (Å²) in [6.45, 7) is 1.28. The Kier molecular flexibility index (Phi) is 5.09. The molecule has 3 amide bonds. The summed E-state index contributed by atoms with van der Waals surface area (Å²) >= 11 is 0. The lowest BCUT2D eigenvalue weighted by Crippen LogP contribution is -2.51. The molecule has 1 saturated heterocycles. The van der Waals surface area contributed by atoms with Crippen LogP contribution < -0.4 is 5.73 Å². The lowest BCUT2D eigenvalue weighted by molar-refractivity contribution is -0.157. The summed E-state index contributed by atoms with van der Waals surface area (Å²) in [6.07, 6.45) is -0.0395. The quantitative estimate of drug-likeness (QED) is 0.640. The number of carboxylic acid groups (broad SMARTS) is 1. The number of likely N-dealkylation sites (tertiary alicyclic amines) is 1. The molecular weight excluding hydrogens is 252 g/mol. The molecule has 0 radical (unpaired) electrons. The molecule has 0 spiro atoms. The normalized spacial score (nSPS) is 18.5. The van der Waals surface area contributed by atoms with Crippen LogP contribution in [0, 0.1) is 5.92 Å². The molecule has 0 aromatic carbocycles. The Balaban J connectivity index is 0.00000256. The number of nitrogens with two attached hydrogens (primary N) is 1. The molecule has 96 valence electrons. The Morgan fingerprint density at radius 2 is 1.71 bits per heavy atom. The molecule has 8 heteroatoms. The number of aliphatic carboxylic acids is 1. The molecule has 1 aliphatic rings. The minimum atomic E-state index is -1.50. The van der Waals surface area contributed by atoms with Crippen molar-refractivity contribution >= 4 is 36.1 Å². The summed E-state index contributed by atoms with van der Waals surface area (Å²) in [5.74, 6) is -4.53. The van der Waals surface area contributed by atoms with E-state index in [2.05, 4.69) is 0 Å². The van der Waals surface area contributed by atoms with Crippen LogP contribution in [0.3, 0.4) is 0 Å². The molecule has 1 heterocycles. The average Bonchev–Trinajstić information content (AvgIpc) is 2.49. The largest absolute Gasteiger partial charge is 0.480 e. The number of rotatable bonds is 4. The minimum absolute atomic E-state index is 0. The first-order chi connectivity index (χ1) is 7.36. The summed E-state index contributed by atoms with van der Waals surface area (Å²) in [4.78, 5) is 45.2. The molecule has 0 aromatic rings. The Morgan fingerprint density at radius 3 is 2.00 bits per heavy atom. The molecule has 0 aliphatic carbocycles. The van der Waals surface area contributed by atoms with Gasteiger partial charge in [0.25, 0.3) is 0 Å². The maximum atomic E-state index is 11.3. The van der Waals surface area contributed by atoms with E-state index >= 15 is 0 Å². The van der Waals surface area contributed by atoms with Gasteiger partial charge in [-0.2, -0.15) is 0 Å². The molecule has 1 rings (SSSR count). The first-order valence-corrected chi connectivity index (χ1v) is 4.73. The number of carboxylic acids is 1. The number of hydrogen-bond acceptors (Lipinski definition) is 4. The standard InChI is InChI=1S/C9H12N2O5.ClH/c1-4(8(10)14)7(9(15)16)11-5(12)2-3-6(11)13;/h4,7H,2-3H2,1H3,(H2,10,14)(H,15,16);1H/t4?,7-;/m0./s1. The van der Waals surface area contributed by atoms with E-state index in [0.29, 0.717) is 4.90 Å². The maximum Gasteiger partial charge on any atom is 0.327 e. The third kappa shape index (κ3) is 2.94. The van der Waals surface area contributed by atoms with Crippen LogP contribution >= 0.6 is 12.4 Å². The fourth-order valence-corrected chi connectivity index (χ4v) is 1.61. The highest BCUT2D eigenvalue weighted by Crippen LogP contribution is 2.20. The zero-order valence-electron chi connectivity index (χ0n) is 9.08. The van der Waals surface area contributed by atoms with Gasteiger partial charge in [-0.25, -0.2) is 4.79 Å². The smallest absolute Gasteiger partial charge is 0.327 e. The summed E-state index contributed by atoms with van der Waals surface area (Å²) in [7, 11) is 0. The first-order valence-electron chi connectivity index (χ1n) is 4.73. The fraction of sp³-hybridized carbons (Fsp3) is 0.556. The summed E-state index contributed by atoms with van der Waals surface area (Å²) in [6, 6.07) is -1.50. The van der Waals surface area contributed by atoms with Crippen molar-refractivity contribution in [3.8, 4) is 0 Å². The zero-order chi connectivity index (χ0) is 12.5. The fourth-order valence-electron chi connectivity index (χ4n) is 1.61. The van der Waals surface area contributed by atoms with Crippen molar-refractivity contribution < 1.29 is 24.3 Å².